The van der Waals surface area contributed by atoms with Crippen LogP contribution in [0.25, 0.3) is 0 Å². The topological polar surface area (TPSA) is 96.5 Å². The number of carbonyl (C=O) groups excluding carboxylic acids is 1. The van der Waals surface area contributed by atoms with Crippen molar-refractivity contribution in [1.29, 1.82) is 0 Å². The Morgan fingerprint density at radius 3 is 1.13 bits per heavy atom. The van der Waals surface area contributed by atoms with E-state index in [9.17, 15) is 4.79 Å². The smallest absolute Gasteiger partial charge is 0.377 e. The van der Waals surface area contributed by atoms with Crippen LogP contribution in [-0.4, -0.2) is 79.4 Å². The number of rotatable bonds is 20. The quantitative estimate of drug-likeness (QED) is 0.209. The molecule has 180 valence electrons. The Balaban J connectivity index is 3.59. The molecule has 0 aliphatic rings. The van der Waals surface area contributed by atoms with Crippen molar-refractivity contribution in [3.05, 3.63) is 0 Å². The number of hydrogen-bond donors (Lipinski definition) is 2. The average molecular weight is 469 g/mol. The highest BCUT2D eigenvalue weighted by molar-refractivity contribution is 6.60. The fourth-order valence-corrected chi connectivity index (χ4v) is 6.81. The fraction of sp³-hybridized carbons (Fsp3) is 0.947. The zero-order valence-electron chi connectivity index (χ0n) is 19.8. The van der Waals surface area contributed by atoms with Gasteiger partial charge in [-0.1, -0.05) is 25.7 Å². The highest BCUT2D eigenvalue weighted by Gasteiger charge is 2.37. The zero-order chi connectivity index (χ0) is 22.7. The van der Waals surface area contributed by atoms with E-state index < -0.39 is 17.6 Å². The maximum Gasteiger partial charge on any atom is 0.500 e. The molecule has 9 nitrogen and oxygen atoms in total. The van der Waals surface area contributed by atoms with Gasteiger partial charge < -0.3 is 37.2 Å². The van der Waals surface area contributed by atoms with Gasteiger partial charge in [0.15, 0.2) is 0 Å². The molecule has 2 amide bonds. The third kappa shape index (κ3) is 12.3. The van der Waals surface area contributed by atoms with E-state index in [4.69, 9.17) is 26.6 Å². The van der Waals surface area contributed by atoms with Crippen molar-refractivity contribution >= 4 is 23.6 Å². The summed E-state index contributed by atoms with van der Waals surface area (Å²) in [6.45, 7) is 1.37. The van der Waals surface area contributed by atoms with E-state index in [2.05, 4.69) is 10.6 Å². The molecule has 0 aliphatic heterocycles. The Labute approximate surface area is 185 Å². The third-order valence-electron chi connectivity index (χ3n) is 5.26. The van der Waals surface area contributed by atoms with Crippen LogP contribution in [0, 0.1) is 0 Å². The first-order chi connectivity index (χ1) is 14.5. The predicted octanol–water partition coefficient (Wildman–Crippen LogP) is 3.16. The second-order valence-corrected chi connectivity index (χ2v) is 13.3. The van der Waals surface area contributed by atoms with Crippen LogP contribution in [0.5, 0.6) is 0 Å². The lowest BCUT2D eigenvalue weighted by molar-refractivity contribution is 0.122. The summed E-state index contributed by atoms with van der Waals surface area (Å²) in [6, 6.07) is 1.54. The van der Waals surface area contributed by atoms with E-state index in [1.54, 1.807) is 42.7 Å². The van der Waals surface area contributed by atoms with Gasteiger partial charge in [-0.05, 0) is 25.7 Å². The summed E-state index contributed by atoms with van der Waals surface area (Å²) >= 11 is 0. The van der Waals surface area contributed by atoms with Gasteiger partial charge in [0.2, 0.25) is 0 Å². The van der Waals surface area contributed by atoms with Crippen LogP contribution in [0.1, 0.15) is 51.4 Å². The molecule has 0 aromatic rings. The van der Waals surface area contributed by atoms with E-state index in [1.807, 2.05) is 0 Å². The van der Waals surface area contributed by atoms with Gasteiger partial charge in [-0.15, -0.1) is 0 Å². The van der Waals surface area contributed by atoms with Crippen LogP contribution in [0.3, 0.4) is 0 Å². The molecule has 0 atom stereocenters. The lowest BCUT2D eigenvalue weighted by Gasteiger charge is -2.24. The van der Waals surface area contributed by atoms with E-state index in [1.165, 1.54) is 0 Å². The van der Waals surface area contributed by atoms with Crippen molar-refractivity contribution in [3.8, 4) is 0 Å². The molecule has 30 heavy (non-hydrogen) atoms. The minimum Gasteiger partial charge on any atom is -0.377 e. The summed E-state index contributed by atoms with van der Waals surface area (Å²) in [4.78, 5) is 11.8. The molecule has 0 fully saturated rings. The summed E-state index contributed by atoms with van der Waals surface area (Å²) in [6.07, 6.45) is 8.14. The largest absolute Gasteiger partial charge is 0.500 e. The van der Waals surface area contributed by atoms with Gasteiger partial charge in [0.25, 0.3) is 0 Å². The second kappa shape index (κ2) is 18.1. The molecule has 0 aliphatic carbocycles. The normalized spacial score (nSPS) is 12.2. The van der Waals surface area contributed by atoms with Crippen molar-refractivity contribution in [2.75, 3.05) is 55.7 Å². The lowest BCUT2D eigenvalue weighted by atomic mass is 10.2. The zero-order valence-corrected chi connectivity index (χ0v) is 21.8. The molecule has 2 N–H and O–H groups in total. The summed E-state index contributed by atoms with van der Waals surface area (Å²) in [5.74, 6) is 0. The first kappa shape index (κ1) is 29.5. The van der Waals surface area contributed by atoms with Gasteiger partial charge in [-0.2, -0.15) is 0 Å². The monoisotopic (exact) mass is 468 g/mol. The summed E-state index contributed by atoms with van der Waals surface area (Å²) < 4.78 is 32.4. The first-order valence-electron chi connectivity index (χ1n) is 10.8. The maximum absolute atomic E-state index is 11.8. The van der Waals surface area contributed by atoms with Crippen LogP contribution in [0.15, 0.2) is 0 Å². The number of nitrogens with one attached hydrogen (secondary N) is 2. The third-order valence-corrected chi connectivity index (χ3v) is 10.9. The minimum atomic E-state index is -2.44. The van der Waals surface area contributed by atoms with Crippen LogP contribution in [0.4, 0.5) is 4.79 Å². The van der Waals surface area contributed by atoms with Crippen molar-refractivity contribution in [2.24, 2.45) is 0 Å². The number of amides is 2. The summed E-state index contributed by atoms with van der Waals surface area (Å²) in [5.41, 5.74) is 0. The summed E-state index contributed by atoms with van der Waals surface area (Å²) in [5, 5.41) is 5.82. The molecule has 0 radical (unpaired) electrons. The molecule has 0 spiro atoms. The van der Waals surface area contributed by atoms with Crippen LogP contribution in [0.2, 0.25) is 12.1 Å². The van der Waals surface area contributed by atoms with Gasteiger partial charge in [-0.25, -0.2) is 4.79 Å². The van der Waals surface area contributed by atoms with Crippen molar-refractivity contribution < 1.29 is 31.4 Å². The molecule has 0 saturated carbocycles. The number of urea groups is 1. The number of unbranched alkanes of at least 4 members (excludes halogenated alkanes) is 6. The van der Waals surface area contributed by atoms with Crippen molar-refractivity contribution in [2.45, 2.75) is 63.5 Å². The molecular formula is C19H44N2O7Si2. The van der Waals surface area contributed by atoms with E-state index in [0.717, 1.165) is 63.5 Å². The number of carbonyl (C=O) groups is 1. The average Bonchev–Trinajstić information content (AvgIpc) is 2.78. The molecule has 0 bridgehead atoms. The highest BCUT2D eigenvalue weighted by atomic mass is 28.4. The first-order valence-corrected chi connectivity index (χ1v) is 14.7. The van der Waals surface area contributed by atoms with Gasteiger partial charge in [0.05, 0.1) is 0 Å². The van der Waals surface area contributed by atoms with Gasteiger partial charge in [0.1, 0.15) is 0 Å². The molecular weight excluding hydrogens is 424 g/mol. The lowest BCUT2D eigenvalue weighted by Crippen LogP contribution is -2.42. The highest BCUT2D eigenvalue weighted by Crippen LogP contribution is 2.18. The van der Waals surface area contributed by atoms with Crippen LogP contribution in [-0.2, 0) is 26.6 Å². The van der Waals surface area contributed by atoms with E-state index in [0.29, 0.717) is 13.1 Å². The second-order valence-electron chi connectivity index (χ2n) is 7.10. The Morgan fingerprint density at radius 2 is 0.833 bits per heavy atom. The Hall–Kier alpha value is -0.536. The molecule has 0 rings (SSSR count). The van der Waals surface area contributed by atoms with Crippen molar-refractivity contribution in [1.82, 2.24) is 10.6 Å². The molecule has 0 unspecified atom stereocenters. The fourth-order valence-electron chi connectivity index (χ4n) is 3.22. The molecule has 0 aromatic carbocycles. The van der Waals surface area contributed by atoms with Crippen LogP contribution < -0.4 is 10.6 Å². The van der Waals surface area contributed by atoms with E-state index in [-0.39, 0.29) is 6.03 Å². The summed E-state index contributed by atoms with van der Waals surface area (Å²) in [7, 11) is 4.93. The molecule has 0 saturated heterocycles. The Bertz CT molecular complexity index is 373. The molecule has 11 heteroatoms. The van der Waals surface area contributed by atoms with Gasteiger partial charge in [-0.3, -0.25) is 0 Å². The Morgan fingerprint density at radius 1 is 0.533 bits per heavy atom. The minimum absolute atomic E-state index is 0.0934. The van der Waals surface area contributed by atoms with E-state index >= 15 is 0 Å². The molecule has 0 heterocycles. The Kier molecular flexibility index (Phi) is 17.8. The maximum atomic E-state index is 11.8. The standard InChI is InChI=1S/C19H44N2O7Si2/c1-23-29(24-2,25-3)17-13-9-7-11-15-20-19(22)21-16-12-8-10-14-18-30(26-4,27-5)28-6/h7-18H2,1-6H3,(H2,20,21,22). The SMILES string of the molecule is CO[Si](CCCCCCNC(=O)NCCCCCC[Si](OC)(OC)OC)(OC)OC. The van der Waals surface area contributed by atoms with Crippen molar-refractivity contribution in [3.63, 3.8) is 0 Å². The molecule has 0 aromatic heterocycles. The van der Waals surface area contributed by atoms with Gasteiger partial charge in [0, 0.05) is 67.8 Å². The number of hydrogen-bond acceptors (Lipinski definition) is 7. The van der Waals surface area contributed by atoms with Gasteiger partial charge >= 0.3 is 23.6 Å². The van der Waals surface area contributed by atoms with Crippen LogP contribution >= 0.6 is 0 Å². The predicted molar refractivity (Wildman–Crippen MR) is 122 cm³/mol.